The molecule has 0 aliphatic rings. The molecule has 6 rings (SSSR count). The number of rotatable bonds is 10. The van der Waals surface area contributed by atoms with Crippen LogP contribution in [-0.2, 0) is 21.8 Å². The van der Waals surface area contributed by atoms with Gasteiger partial charge in [-0.15, -0.1) is 0 Å². The van der Waals surface area contributed by atoms with Crippen molar-refractivity contribution in [2.45, 2.75) is 50.3 Å². The summed E-state index contributed by atoms with van der Waals surface area (Å²) >= 11 is 5.66. The lowest BCUT2D eigenvalue weighted by molar-refractivity contribution is 0.414. The van der Waals surface area contributed by atoms with Gasteiger partial charge in [0, 0.05) is 12.1 Å². The first-order chi connectivity index (χ1) is 21.0. The highest BCUT2D eigenvalue weighted by atomic mass is 32.2. The molecule has 2 aromatic heterocycles. The van der Waals surface area contributed by atoms with Crippen LogP contribution in [0.3, 0.4) is 0 Å². The van der Waals surface area contributed by atoms with Crippen LogP contribution in [0.5, 0.6) is 11.5 Å². The van der Waals surface area contributed by atoms with Crippen molar-refractivity contribution in [3.05, 3.63) is 132 Å². The van der Waals surface area contributed by atoms with Crippen molar-refractivity contribution in [2.75, 3.05) is 14.2 Å². The van der Waals surface area contributed by atoms with Crippen LogP contribution < -0.4 is 9.47 Å². The molecule has 2 heterocycles. The Morgan fingerprint density at radius 1 is 0.442 bits per heavy atom. The molecule has 0 unspecified atom stereocenters. The summed E-state index contributed by atoms with van der Waals surface area (Å²) in [5.74, 6) is 1.74. The molecule has 0 aliphatic heterocycles. The van der Waals surface area contributed by atoms with E-state index >= 15 is 0 Å². The molecule has 0 amide bonds. The molecule has 4 aromatic carbocycles. The summed E-state index contributed by atoms with van der Waals surface area (Å²) in [6, 6.07) is 44.2. The summed E-state index contributed by atoms with van der Waals surface area (Å²) in [5.41, 5.74) is 2.57. The van der Waals surface area contributed by atoms with E-state index in [1.807, 2.05) is 34.4 Å². The second kappa shape index (κ2) is 13.7. The first-order valence-electron chi connectivity index (χ1n) is 13.8. The van der Waals surface area contributed by atoms with E-state index in [1.165, 1.54) is 47.5 Å². The SMILES string of the molecule is COc1ccc([S+](c2ccc(OC)cc2)c2ccc(Sc3ccc([S+](c4ccc(C)cc4)c4ccc(C)cc4)s3)s2)cc1. The van der Waals surface area contributed by atoms with E-state index in [2.05, 4.69) is 135 Å². The first kappa shape index (κ1) is 30.0. The molecule has 6 aromatic rings. The Morgan fingerprint density at radius 3 is 1.09 bits per heavy atom. The summed E-state index contributed by atoms with van der Waals surface area (Å²) in [7, 11) is 3.05. The third-order valence-electron chi connectivity index (χ3n) is 6.82. The molecule has 0 aliphatic carbocycles. The van der Waals surface area contributed by atoms with Crippen molar-refractivity contribution < 1.29 is 9.47 Å². The maximum Gasteiger partial charge on any atom is 0.221 e. The predicted molar refractivity (Wildman–Crippen MR) is 185 cm³/mol. The van der Waals surface area contributed by atoms with E-state index < -0.39 is 0 Å². The monoisotopic (exact) mass is 656 g/mol. The molecular formula is C36H32O2S5+2. The van der Waals surface area contributed by atoms with E-state index in [0.29, 0.717) is 0 Å². The number of thiophene rings is 2. The second-order valence-electron chi connectivity index (χ2n) is 9.84. The van der Waals surface area contributed by atoms with E-state index in [-0.39, 0.29) is 21.8 Å². The van der Waals surface area contributed by atoms with E-state index in [1.54, 1.807) is 14.2 Å². The molecular weight excluding hydrogens is 625 g/mol. The Kier molecular flexibility index (Phi) is 9.55. The van der Waals surface area contributed by atoms with Crippen LogP contribution in [0, 0.1) is 13.8 Å². The standard InChI is InChI=1S/C36H32O2S5/c1-25-5-13-29(14-6-25)42(30-15-7-26(2)8-16-30)35-23-21-33(40-35)39-34-22-24-36(41-34)43(31-17-9-27(37-3)10-18-31)32-19-11-28(38-4)12-20-32/h5-24H,1-4H3/q+2. The predicted octanol–water partition coefficient (Wildman–Crippen LogP) is 10.8. The minimum atomic E-state index is -0.229. The molecule has 2 nitrogen and oxygen atoms in total. The fraction of sp³-hybridized carbons (Fsp3) is 0.111. The number of benzene rings is 4. The number of hydrogen-bond donors (Lipinski definition) is 0. The van der Waals surface area contributed by atoms with Gasteiger partial charge in [-0.05, 0) is 98.8 Å². The molecule has 0 spiro atoms. The van der Waals surface area contributed by atoms with Gasteiger partial charge in [-0.1, -0.05) is 69.8 Å². The van der Waals surface area contributed by atoms with Gasteiger partial charge < -0.3 is 9.47 Å². The van der Waals surface area contributed by atoms with Crippen molar-refractivity contribution in [3.63, 3.8) is 0 Å². The van der Waals surface area contributed by atoms with Crippen LogP contribution in [0.25, 0.3) is 0 Å². The number of ether oxygens (including phenoxy) is 2. The molecule has 0 radical (unpaired) electrons. The van der Waals surface area contributed by atoms with E-state index in [0.717, 1.165) is 11.5 Å². The van der Waals surface area contributed by atoms with Crippen molar-refractivity contribution >= 4 is 56.2 Å². The summed E-state index contributed by atoms with van der Waals surface area (Å²) in [6.07, 6.45) is 0. The molecule has 0 bridgehead atoms. The number of aryl methyl sites for hydroxylation is 2. The summed E-state index contributed by atoms with van der Waals surface area (Å²) < 4.78 is 16.2. The van der Waals surface area contributed by atoms with Crippen LogP contribution in [0.4, 0.5) is 0 Å². The fourth-order valence-corrected chi connectivity index (χ4v) is 13.7. The van der Waals surface area contributed by atoms with Crippen molar-refractivity contribution in [1.29, 1.82) is 0 Å². The number of hydrogen-bond acceptors (Lipinski definition) is 5. The van der Waals surface area contributed by atoms with Gasteiger partial charge in [0.05, 0.1) is 22.6 Å². The Balaban J connectivity index is 1.29. The van der Waals surface area contributed by atoms with Gasteiger partial charge >= 0.3 is 0 Å². The molecule has 7 heteroatoms. The zero-order valence-electron chi connectivity index (χ0n) is 24.4. The van der Waals surface area contributed by atoms with Crippen LogP contribution in [0.1, 0.15) is 11.1 Å². The minimum Gasteiger partial charge on any atom is -0.497 e. The molecule has 43 heavy (non-hydrogen) atoms. The lowest BCUT2D eigenvalue weighted by Crippen LogP contribution is -2.03. The molecule has 0 N–H and O–H groups in total. The van der Waals surface area contributed by atoms with Gasteiger partial charge in [-0.2, -0.15) is 0 Å². The van der Waals surface area contributed by atoms with Gasteiger partial charge in [0.1, 0.15) is 33.3 Å². The van der Waals surface area contributed by atoms with Crippen LogP contribution in [-0.4, -0.2) is 14.2 Å². The molecule has 216 valence electrons. The van der Waals surface area contributed by atoms with Gasteiger partial charge in [0.25, 0.3) is 0 Å². The maximum absolute atomic E-state index is 5.43. The van der Waals surface area contributed by atoms with Gasteiger partial charge in [0.2, 0.25) is 8.42 Å². The smallest absolute Gasteiger partial charge is 0.221 e. The quantitative estimate of drug-likeness (QED) is 0.137. The van der Waals surface area contributed by atoms with Crippen LogP contribution >= 0.6 is 34.4 Å². The van der Waals surface area contributed by atoms with Crippen molar-refractivity contribution in [1.82, 2.24) is 0 Å². The number of methoxy groups -OCH3 is 2. The Hall–Kier alpha value is -3.07. The van der Waals surface area contributed by atoms with Gasteiger partial charge in [0.15, 0.2) is 19.6 Å². The third-order valence-corrected chi connectivity index (χ3v) is 15.4. The lowest BCUT2D eigenvalue weighted by Gasteiger charge is -2.07. The summed E-state index contributed by atoms with van der Waals surface area (Å²) in [5, 5.41) is 0. The topological polar surface area (TPSA) is 18.5 Å². The Bertz CT molecular complexity index is 1680. The van der Waals surface area contributed by atoms with Crippen molar-refractivity contribution in [2.24, 2.45) is 0 Å². The Labute approximate surface area is 272 Å². The largest absolute Gasteiger partial charge is 0.497 e. The summed E-state index contributed by atoms with van der Waals surface area (Å²) in [6.45, 7) is 4.30. The second-order valence-corrected chi connectivity index (χ2v) is 18.1. The molecule has 0 fully saturated rings. The third kappa shape index (κ3) is 7.03. The maximum atomic E-state index is 5.43. The average molecular weight is 657 g/mol. The lowest BCUT2D eigenvalue weighted by atomic mass is 10.2. The van der Waals surface area contributed by atoms with Gasteiger partial charge in [-0.3, -0.25) is 0 Å². The Morgan fingerprint density at radius 2 is 0.767 bits per heavy atom. The zero-order valence-corrected chi connectivity index (χ0v) is 28.5. The zero-order chi connectivity index (χ0) is 29.8. The van der Waals surface area contributed by atoms with Gasteiger partial charge in [-0.25, -0.2) is 0 Å². The van der Waals surface area contributed by atoms with Crippen LogP contribution in [0.15, 0.2) is 158 Å². The molecule has 0 atom stereocenters. The average Bonchev–Trinajstić information content (AvgIpc) is 3.70. The molecule has 0 saturated carbocycles. The fourth-order valence-electron chi connectivity index (χ4n) is 4.54. The van der Waals surface area contributed by atoms with Crippen LogP contribution in [0.2, 0.25) is 0 Å². The molecule has 0 saturated heterocycles. The normalized spacial score (nSPS) is 11.3. The van der Waals surface area contributed by atoms with Crippen molar-refractivity contribution in [3.8, 4) is 11.5 Å². The highest BCUT2D eigenvalue weighted by molar-refractivity contribution is 8.04. The van der Waals surface area contributed by atoms with E-state index in [9.17, 15) is 0 Å². The first-order valence-corrected chi connectivity index (χ1v) is 18.7. The highest BCUT2D eigenvalue weighted by Gasteiger charge is 2.32. The highest BCUT2D eigenvalue weighted by Crippen LogP contribution is 2.45. The minimum absolute atomic E-state index is 0.137. The van der Waals surface area contributed by atoms with E-state index in [4.69, 9.17) is 9.47 Å². The summed E-state index contributed by atoms with van der Waals surface area (Å²) in [4.78, 5) is 5.25.